The minimum absolute atomic E-state index is 0.141. The number of hydrogen-bond acceptors (Lipinski definition) is 2. The van der Waals surface area contributed by atoms with E-state index in [-0.39, 0.29) is 6.61 Å². The fourth-order valence-corrected chi connectivity index (χ4v) is 2.50. The van der Waals surface area contributed by atoms with Crippen molar-refractivity contribution >= 4 is 34.8 Å². The van der Waals surface area contributed by atoms with Crippen LogP contribution in [0, 0.1) is 0 Å². The lowest BCUT2D eigenvalue weighted by atomic mass is 10.1. The second kappa shape index (κ2) is 7.19. The third-order valence-corrected chi connectivity index (χ3v) is 3.68. The third-order valence-electron chi connectivity index (χ3n) is 2.74. The van der Waals surface area contributed by atoms with Gasteiger partial charge in [-0.3, -0.25) is 0 Å². The molecule has 0 aliphatic heterocycles. The van der Waals surface area contributed by atoms with Crippen LogP contribution in [0.1, 0.15) is 5.56 Å². The van der Waals surface area contributed by atoms with Gasteiger partial charge in [0, 0.05) is 21.5 Å². The highest BCUT2D eigenvalue weighted by Gasteiger charge is 2.12. The Morgan fingerprint density at radius 3 is 2.30 bits per heavy atom. The van der Waals surface area contributed by atoms with Crippen LogP contribution in [0.25, 0.3) is 0 Å². The number of benzene rings is 2. The van der Waals surface area contributed by atoms with Crippen LogP contribution in [-0.4, -0.2) is 17.8 Å². The Bertz CT molecular complexity index is 567. The lowest BCUT2D eigenvalue weighted by molar-refractivity contribution is 0.108. The molecule has 0 aliphatic rings. The summed E-state index contributed by atoms with van der Waals surface area (Å²) in [6.07, 6.45) is -0.370. The summed E-state index contributed by atoms with van der Waals surface area (Å²) in [7, 11) is 0. The van der Waals surface area contributed by atoms with Crippen molar-refractivity contribution in [1.29, 1.82) is 0 Å². The summed E-state index contributed by atoms with van der Waals surface area (Å²) >= 11 is 18.0. The first-order valence-electron chi connectivity index (χ1n) is 6.05. The topological polar surface area (TPSA) is 29.5 Å². The van der Waals surface area contributed by atoms with Crippen LogP contribution < -0.4 is 4.74 Å². The summed E-state index contributed by atoms with van der Waals surface area (Å²) < 4.78 is 5.48. The molecule has 1 atom stereocenters. The molecule has 0 bridgehead atoms. The first-order chi connectivity index (χ1) is 9.56. The molecule has 0 saturated carbocycles. The zero-order valence-electron chi connectivity index (χ0n) is 10.5. The third kappa shape index (κ3) is 4.29. The number of aliphatic hydroxyl groups is 1. The van der Waals surface area contributed by atoms with E-state index < -0.39 is 6.10 Å². The van der Waals surface area contributed by atoms with Crippen LogP contribution in [-0.2, 0) is 6.42 Å². The van der Waals surface area contributed by atoms with Gasteiger partial charge in [-0.1, -0.05) is 46.9 Å². The molecule has 2 nitrogen and oxygen atoms in total. The molecule has 5 heteroatoms. The van der Waals surface area contributed by atoms with Crippen molar-refractivity contribution in [3.8, 4) is 5.75 Å². The van der Waals surface area contributed by atoms with Gasteiger partial charge in [-0.05, 0) is 35.9 Å². The highest BCUT2D eigenvalue weighted by molar-refractivity contribution is 6.36. The van der Waals surface area contributed by atoms with E-state index in [2.05, 4.69) is 0 Å². The Hall–Kier alpha value is -0.930. The molecule has 20 heavy (non-hydrogen) atoms. The molecule has 0 aliphatic carbocycles. The summed E-state index contributed by atoms with van der Waals surface area (Å²) in [5.41, 5.74) is 0.720. The summed E-state index contributed by atoms with van der Waals surface area (Å²) in [6, 6.07) is 12.3. The molecule has 1 unspecified atom stereocenters. The van der Waals surface area contributed by atoms with Gasteiger partial charge in [-0.2, -0.15) is 0 Å². The van der Waals surface area contributed by atoms with Crippen molar-refractivity contribution in [3.05, 3.63) is 63.1 Å². The Kier molecular flexibility index (Phi) is 5.55. The lowest BCUT2D eigenvalue weighted by Crippen LogP contribution is -2.20. The minimum Gasteiger partial charge on any atom is -0.491 e. The maximum Gasteiger partial charge on any atom is 0.120 e. The predicted octanol–water partition coefficient (Wildman–Crippen LogP) is 4.63. The largest absolute Gasteiger partial charge is 0.491 e. The van der Waals surface area contributed by atoms with Crippen molar-refractivity contribution in [1.82, 2.24) is 0 Å². The van der Waals surface area contributed by atoms with Crippen molar-refractivity contribution in [2.75, 3.05) is 6.61 Å². The van der Waals surface area contributed by atoms with Gasteiger partial charge in [0.25, 0.3) is 0 Å². The average molecular weight is 332 g/mol. The quantitative estimate of drug-likeness (QED) is 0.865. The van der Waals surface area contributed by atoms with E-state index in [0.29, 0.717) is 27.2 Å². The second-order valence-corrected chi connectivity index (χ2v) is 5.58. The average Bonchev–Trinajstić information content (AvgIpc) is 2.41. The van der Waals surface area contributed by atoms with Gasteiger partial charge >= 0.3 is 0 Å². The molecule has 2 aromatic rings. The number of ether oxygens (including phenoxy) is 1. The Balaban J connectivity index is 1.94. The number of halogens is 3. The van der Waals surface area contributed by atoms with Crippen molar-refractivity contribution < 1.29 is 9.84 Å². The lowest BCUT2D eigenvalue weighted by Gasteiger charge is -2.14. The first kappa shape index (κ1) is 15.5. The molecule has 106 valence electrons. The van der Waals surface area contributed by atoms with Gasteiger partial charge in [-0.25, -0.2) is 0 Å². The van der Waals surface area contributed by atoms with Crippen LogP contribution in [0.15, 0.2) is 42.5 Å². The standard InChI is InChI=1S/C15H13Cl3O2/c16-10-3-1-4-12(7-10)20-9-11(19)8-13-14(17)5-2-6-15(13)18/h1-7,11,19H,8-9H2. The maximum absolute atomic E-state index is 10.0. The van der Waals surface area contributed by atoms with Gasteiger partial charge in [0.05, 0.1) is 6.10 Å². The van der Waals surface area contributed by atoms with Crippen LogP contribution in [0.4, 0.5) is 0 Å². The molecule has 0 fully saturated rings. The molecule has 0 spiro atoms. The molecule has 0 amide bonds. The molecule has 0 aromatic heterocycles. The summed E-state index contributed by atoms with van der Waals surface area (Å²) in [5.74, 6) is 0.613. The summed E-state index contributed by atoms with van der Waals surface area (Å²) in [4.78, 5) is 0. The van der Waals surface area contributed by atoms with Crippen LogP contribution in [0.5, 0.6) is 5.75 Å². The minimum atomic E-state index is -0.702. The molecule has 2 aromatic carbocycles. The van der Waals surface area contributed by atoms with Crippen molar-refractivity contribution in [2.45, 2.75) is 12.5 Å². The fraction of sp³-hybridized carbons (Fsp3) is 0.200. The predicted molar refractivity (Wildman–Crippen MR) is 83.1 cm³/mol. The summed E-state index contributed by atoms with van der Waals surface area (Å²) in [6.45, 7) is 0.141. The number of hydrogen-bond donors (Lipinski definition) is 1. The van der Waals surface area contributed by atoms with Crippen LogP contribution in [0.3, 0.4) is 0 Å². The molecular formula is C15H13Cl3O2. The van der Waals surface area contributed by atoms with Gasteiger partial charge in [-0.15, -0.1) is 0 Å². The van der Waals surface area contributed by atoms with E-state index in [4.69, 9.17) is 39.5 Å². The molecule has 0 heterocycles. The Labute approximate surface area is 132 Å². The number of aliphatic hydroxyl groups excluding tert-OH is 1. The summed E-state index contributed by atoms with van der Waals surface area (Å²) in [5, 5.41) is 11.7. The molecular weight excluding hydrogens is 319 g/mol. The van der Waals surface area contributed by atoms with Crippen molar-refractivity contribution in [3.63, 3.8) is 0 Å². The fourth-order valence-electron chi connectivity index (χ4n) is 1.77. The van der Waals surface area contributed by atoms with Gasteiger partial charge in [0.15, 0.2) is 0 Å². The Morgan fingerprint density at radius 1 is 1.00 bits per heavy atom. The monoisotopic (exact) mass is 330 g/mol. The van der Waals surface area contributed by atoms with Crippen LogP contribution in [0.2, 0.25) is 15.1 Å². The van der Waals surface area contributed by atoms with Crippen molar-refractivity contribution in [2.24, 2.45) is 0 Å². The van der Waals surface area contributed by atoms with Gasteiger partial charge < -0.3 is 9.84 Å². The van der Waals surface area contributed by atoms with E-state index in [1.165, 1.54) is 0 Å². The van der Waals surface area contributed by atoms with E-state index in [1.54, 1.807) is 42.5 Å². The van der Waals surface area contributed by atoms with Gasteiger partial charge in [0.1, 0.15) is 12.4 Å². The second-order valence-electron chi connectivity index (χ2n) is 4.33. The van der Waals surface area contributed by atoms with Gasteiger partial charge in [0.2, 0.25) is 0 Å². The highest BCUT2D eigenvalue weighted by Crippen LogP contribution is 2.25. The molecule has 2 rings (SSSR count). The smallest absolute Gasteiger partial charge is 0.120 e. The molecule has 1 N–H and O–H groups in total. The maximum atomic E-state index is 10.0. The number of rotatable bonds is 5. The van der Waals surface area contributed by atoms with E-state index in [0.717, 1.165) is 5.56 Å². The molecule has 0 saturated heterocycles. The van der Waals surface area contributed by atoms with E-state index in [9.17, 15) is 5.11 Å². The van der Waals surface area contributed by atoms with E-state index in [1.807, 2.05) is 0 Å². The zero-order chi connectivity index (χ0) is 14.5. The van der Waals surface area contributed by atoms with E-state index >= 15 is 0 Å². The normalized spacial score (nSPS) is 12.2. The Morgan fingerprint density at radius 2 is 1.65 bits per heavy atom. The molecule has 0 radical (unpaired) electrons. The first-order valence-corrected chi connectivity index (χ1v) is 7.19. The zero-order valence-corrected chi connectivity index (χ0v) is 12.8. The highest BCUT2D eigenvalue weighted by atomic mass is 35.5. The van der Waals surface area contributed by atoms with Crippen LogP contribution >= 0.6 is 34.8 Å². The SMILES string of the molecule is OC(COc1cccc(Cl)c1)Cc1c(Cl)cccc1Cl.